The maximum absolute atomic E-state index is 11.7. The van der Waals surface area contributed by atoms with Gasteiger partial charge < -0.3 is 9.72 Å². The molecule has 0 bridgehead atoms. The van der Waals surface area contributed by atoms with Crippen LogP contribution in [0.25, 0.3) is 0 Å². The monoisotopic (exact) mass is 316 g/mol. The van der Waals surface area contributed by atoms with E-state index in [1.54, 1.807) is 0 Å². The van der Waals surface area contributed by atoms with Crippen LogP contribution in [0.3, 0.4) is 0 Å². The van der Waals surface area contributed by atoms with Crippen molar-refractivity contribution in [1.82, 2.24) is 9.97 Å². The summed E-state index contributed by atoms with van der Waals surface area (Å²) >= 11 is 8.07. The van der Waals surface area contributed by atoms with E-state index < -0.39 is 12.8 Å². The number of alkyl halides is 3. The van der Waals surface area contributed by atoms with E-state index in [9.17, 15) is 13.2 Å². The average molecular weight is 317 g/mol. The molecule has 0 aliphatic rings. The van der Waals surface area contributed by atoms with Gasteiger partial charge in [-0.25, -0.2) is 4.98 Å². The third-order valence-corrected chi connectivity index (χ3v) is 2.74. The largest absolute Gasteiger partial charge is 0.411 e. The summed E-state index contributed by atoms with van der Waals surface area (Å²) in [6.07, 6.45) is -2.54. The van der Waals surface area contributed by atoms with E-state index in [1.165, 1.54) is 6.20 Å². The molecule has 1 N–H and O–H groups in total. The summed E-state index contributed by atoms with van der Waals surface area (Å²) in [5, 5.41) is 0. The van der Waals surface area contributed by atoms with Gasteiger partial charge in [-0.3, -0.25) is 0 Å². The molecule has 0 atom stereocenters. The molecule has 1 rings (SSSR count). The quantitative estimate of drug-likeness (QED) is 0.685. The Bertz CT molecular complexity index is 407. The fourth-order valence-electron chi connectivity index (χ4n) is 0.900. The molecule has 0 fully saturated rings. The predicted molar refractivity (Wildman–Crippen MR) is 57.7 cm³/mol. The Labute approximate surface area is 103 Å². The van der Waals surface area contributed by atoms with E-state index in [-0.39, 0.29) is 13.0 Å². The molecule has 0 saturated carbocycles. The highest BCUT2D eigenvalue weighted by molar-refractivity contribution is 9.10. The first kappa shape index (κ1) is 13.6. The molecule has 0 saturated heterocycles. The van der Waals surface area contributed by atoms with Gasteiger partial charge in [0.2, 0.25) is 0 Å². The van der Waals surface area contributed by atoms with E-state index in [2.05, 4.69) is 30.6 Å². The summed E-state index contributed by atoms with van der Waals surface area (Å²) in [5.74, 6) is 0.496. The standard InChI is InChI=1S/C8H8BrF3N2OS/c9-5-3-13-6(14-7(5)16)1-2-15-4-8(10,11)12/h3H,1-2,4H2,(H,13,14,16). The van der Waals surface area contributed by atoms with Crippen molar-refractivity contribution < 1.29 is 17.9 Å². The molecule has 1 aromatic heterocycles. The van der Waals surface area contributed by atoms with Crippen molar-refractivity contribution >= 4 is 28.1 Å². The van der Waals surface area contributed by atoms with Crippen molar-refractivity contribution in [3.05, 3.63) is 21.1 Å². The number of H-pyrrole nitrogens is 1. The minimum Gasteiger partial charge on any atom is -0.372 e. The van der Waals surface area contributed by atoms with Crippen LogP contribution in [-0.2, 0) is 11.2 Å². The molecular weight excluding hydrogens is 309 g/mol. The minimum absolute atomic E-state index is 0.0561. The van der Waals surface area contributed by atoms with Crippen molar-refractivity contribution in [2.45, 2.75) is 12.6 Å². The zero-order valence-electron chi connectivity index (χ0n) is 7.97. The summed E-state index contributed by atoms with van der Waals surface area (Å²) in [7, 11) is 0. The highest BCUT2D eigenvalue weighted by Crippen LogP contribution is 2.14. The third-order valence-electron chi connectivity index (χ3n) is 1.56. The molecule has 0 amide bonds. The lowest BCUT2D eigenvalue weighted by Crippen LogP contribution is -2.18. The molecule has 0 aliphatic carbocycles. The summed E-state index contributed by atoms with van der Waals surface area (Å²) in [4.78, 5) is 6.71. The molecule has 0 aromatic carbocycles. The van der Waals surface area contributed by atoms with Gasteiger partial charge in [0.1, 0.15) is 17.1 Å². The highest BCUT2D eigenvalue weighted by atomic mass is 79.9. The van der Waals surface area contributed by atoms with Gasteiger partial charge in [-0.15, -0.1) is 0 Å². The first-order chi connectivity index (χ1) is 7.38. The second-order valence-corrected chi connectivity index (χ2v) is 4.19. The lowest BCUT2D eigenvalue weighted by atomic mass is 10.4. The number of ether oxygens (including phenoxy) is 1. The second kappa shape index (κ2) is 5.74. The second-order valence-electron chi connectivity index (χ2n) is 2.92. The average Bonchev–Trinajstić information content (AvgIpc) is 2.17. The van der Waals surface area contributed by atoms with E-state index in [4.69, 9.17) is 12.2 Å². The Kier molecular flexibility index (Phi) is 4.88. The SMILES string of the molecule is FC(F)(F)COCCc1ncc(Br)c(=S)[nH]1. The van der Waals surface area contributed by atoms with E-state index >= 15 is 0 Å². The number of rotatable bonds is 4. The Balaban J connectivity index is 2.38. The lowest BCUT2D eigenvalue weighted by molar-refractivity contribution is -0.173. The van der Waals surface area contributed by atoms with Crippen molar-refractivity contribution in [1.29, 1.82) is 0 Å². The van der Waals surface area contributed by atoms with Gasteiger partial charge in [-0.2, -0.15) is 13.2 Å². The summed E-state index contributed by atoms with van der Waals surface area (Å²) in [5.41, 5.74) is 0. The summed E-state index contributed by atoms with van der Waals surface area (Å²) in [6.45, 7) is -1.30. The van der Waals surface area contributed by atoms with Crippen molar-refractivity contribution in [2.75, 3.05) is 13.2 Å². The third kappa shape index (κ3) is 5.04. The van der Waals surface area contributed by atoms with Crippen molar-refractivity contribution in [3.63, 3.8) is 0 Å². The number of aromatic amines is 1. The zero-order valence-corrected chi connectivity index (χ0v) is 10.4. The van der Waals surface area contributed by atoms with Gasteiger partial charge in [0.25, 0.3) is 0 Å². The Morgan fingerprint density at radius 2 is 2.19 bits per heavy atom. The fraction of sp³-hybridized carbons (Fsp3) is 0.500. The smallest absolute Gasteiger partial charge is 0.372 e. The van der Waals surface area contributed by atoms with Gasteiger partial charge in [0.05, 0.1) is 11.1 Å². The maximum atomic E-state index is 11.7. The molecule has 0 radical (unpaired) electrons. The lowest BCUT2D eigenvalue weighted by Gasteiger charge is -2.07. The van der Waals surface area contributed by atoms with Crippen LogP contribution < -0.4 is 0 Å². The van der Waals surface area contributed by atoms with Gasteiger partial charge in [-0.1, -0.05) is 12.2 Å². The van der Waals surface area contributed by atoms with Crippen LogP contribution in [0.4, 0.5) is 13.2 Å². The van der Waals surface area contributed by atoms with Crippen LogP contribution in [0, 0.1) is 4.64 Å². The number of hydrogen-bond donors (Lipinski definition) is 1. The molecule has 1 heterocycles. The topological polar surface area (TPSA) is 37.9 Å². The van der Waals surface area contributed by atoms with Gasteiger partial charge in [0, 0.05) is 12.6 Å². The van der Waals surface area contributed by atoms with Crippen LogP contribution in [0.5, 0.6) is 0 Å². The maximum Gasteiger partial charge on any atom is 0.411 e. The molecule has 90 valence electrons. The Morgan fingerprint density at radius 3 is 2.75 bits per heavy atom. The van der Waals surface area contributed by atoms with Gasteiger partial charge in [-0.05, 0) is 15.9 Å². The molecule has 3 nitrogen and oxygen atoms in total. The highest BCUT2D eigenvalue weighted by Gasteiger charge is 2.27. The number of hydrogen-bond acceptors (Lipinski definition) is 3. The van der Waals surface area contributed by atoms with Crippen LogP contribution in [0.1, 0.15) is 5.82 Å². The van der Waals surface area contributed by atoms with E-state index in [0.29, 0.717) is 14.9 Å². The number of halogens is 4. The van der Waals surface area contributed by atoms with Crippen molar-refractivity contribution in [2.24, 2.45) is 0 Å². The predicted octanol–water partition coefficient (Wildman–Crippen LogP) is 3.02. The zero-order chi connectivity index (χ0) is 12.2. The van der Waals surface area contributed by atoms with Crippen molar-refractivity contribution in [3.8, 4) is 0 Å². The van der Waals surface area contributed by atoms with Crippen LogP contribution in [0.2, 0.25) is 0 Å². The van der Waals surface area contributed by atoms with Gasteiger partial charge in [0.15, 0.2) is 0 Å². The Morgan fingerprint density at radius 1 is 1.50 bits per heavy atom. The number of nitrogens with one attached hydrogen (secondary N) is 1. The fourth-order valence-corrected chi connectivity index (χ4v) is 1.27. The first-order valence-electron chi connectivity index (χ1n) is 4.26. The minimum atomic E-state index is -4.29. The molecule has 1 aromatic rings. The first-order valence-corrected chi connectivity index (χ1v) is 5.47. The number of nitrogens with zero attached hydrogens (tertiary/aromatic N) is 1. The summed E-state index contributed by atoms with van der Waals surface area (Å²) in [6, 6.07) is 0. The summed E-state index contributed by atoms with van der Waals surface area (Å²) < 4.78 is 40.7. The van der Waals surface area contributed by atoms with Crippen LogP contribution in [-0.4, -0.2) is 29.4 Å². The normalized spacial score (nSPS) is 11.8. The molecule has 8 heteroatoms. The number of aromatic nitrogens is 2. The Hall–Kier alpha value is -0.470. The van der Waals surface area contributed by atoms with Crippen LogP contribution >= 0.6 is 28.1 Å². The van der Waals surface area contributed by atoms with E-state index in [0.717, 1.165) is 0 Å². The molecule has 16 heavy (non-hydrogen) atoms. The van der Waals surface area contributed by atoms with Crippen LogP contribution in [0.15, 0.2) is 10.7 Å². The molecule has 0 aliphatic heterocycles. The molecular formula is C8H8BrF3N2OS. The molecule has 0 spiro atoms. The van der Waals surface area contributed by atoms with Gasteiger partial charge >= 0.3 is 6.18 Å². The van der Waals surface area contributed by atoms with E-state index in [1.807, 2.05) is 0 Å². The molecule has 0 unspecified atom stereocenters.